The number of benzene rings is 1. The summed E-state index contributed by atoms with van der Waals surface area (Å²) < 4.78 is 10.8. The highest BCUT2D eigenvalue weighted by Crippen LogP contribution is 2.22. The van der Waals surface area contributed by atoms with E-state index in [0.717, 1.165) is 39.3 Å². The zero-order valence-corrected chi connectivity index (χ0v) is 12.9. The molecule has 2 unspecified atom stereocenters. The monoisotopic (exact) mass is 290 g/mol. The maximum atomic E-state index is 5.42. The Morgan fingerprint density at radius 1 is 1.19 bits per heavy atom. The van der Waals surface area contributed by atoms with Gasteiger partial charge in [-0.3, -0.25) is 0 Å². The van der Waals surface area contributed by atoms with E-state index in [2.05, 4.69) is 34.5 Å². The third-order valence-electron chi connectivity index (χ3n) is 4.63. The van der Waals surface area contributed by atoms with E-state index in [1.807, 2.05) is 7.11 Å². The molecule has 1 saturated carbocycles. The van der Waals surface area contributed by atoms with Crippen molar-refractivity contribution in [3.63, 3.8) is 0 Å². The van der Waals surface area contributed by atoms with E-state index < -0.39 is 0 Å². The zero-order valence-electron chi connectivity index (χ0n) is 12.9. The van der Waals surface area contributed by atoms with Crippen molar-refractivity contribution in [3.05, 3.63) is 29.8 Å². The molecule has 1 aromatic rings. The lowest BCUT2D eigenvalue weighted by Crippen LogP contribution is -2.36. The Bertz CT molecular complexity index is 429. The molecule has 1 saturated heterocycles. The smallest absolute Gasteiger partial charge is 0.0642 e. The van der Waals surface area contributed by atoms with E-state index in [9.17, 15) is 0 Å². The third kappa shape index (κ3) is 3.96. The van der Waals surface area contributed by atoms with Crippen molar-refractivity contribution < 1.29 is 9.47 Å². The fourth-order valence-electron chi connectivity index (χ4n) is 3.25. The summed E-state index contributed by atoms with van der Waals surface area (Å²) in [6.45, 7) is 4.62. The molecular formula is C17H26N2O2. The predicted octanol–water partition coefficient (Wildman–Crippen LogP) is 2.18. The van der Waals surface area contributed by atoms with Crippen molar-refractivity contribution in [2.24, 2.45) is 0 Å². The molecule has 4 heteroatoms. The molecule has 1 heterocycles. The third-order valence-corrected chi connectivity index (χ3v) is 4.63. The molecular weight excluding hydrogens is 264 g/mol. The summed E-state index contributed by atoms with van der Waals surface area (Å²) in [4.78, 5) is 2.39. The molecule has 2 fully saturated rings. The Kier molecular flexibility index (Phi) is 5.12. The number of ether oxygens (including phenoxy) is 2. The van der Waals surface area contributed by atoms with Gasteiger partial charge in [-0.1, -0.05) is 12.1 Å². The lowest BCUT2D eigenvalue weighted by molar-refractivity contribution is 0.107. The van der Waals surface area contributed by atoms with Crippen molar-refractivity contribution in [1.29, 1.82) is 0 Å². The highest BCUT2D eigenvalue weighted by molar-refractivity contribution is 5.47. The van der Waals surface area contributed by atoms with Crippen LogP contribution in [0.5, 0.6) is 0 Å². The quantitative estimate of drug-likeness (QED) is 0.901. The van der Waals surface area contributed by atoms with Crippen molar-refractivity contribution in [1.82, 2.24) is 5.32 Å². The van der Waals surface area contributed by atoms with E-state index in [1.54, 1.807) is 0 Å². The van der Waals surface area contributed by atoms with Gasteiger partial charge in [0, 0.05) is 38.5 Å². The van der Waals surface area contributed by atoms with Gasteiger partial charge in [0.15, 0.2) is 0 Å². The summed E-state index contributed by atoms with van der Waals surface area (Å²) in [5, 5.41) is 3.65. The Morgan fingerprint density at radius 3 is 2.62 bits per heavy atom. The van der Waals surface area contributed by atoms with Gasteiger partial charge in [0.25, 0.3) is 0 Å². The number of hydrogen-bond acceptors (Lipinski definition) is 4. The van der Waals surface area contributed by atoms with Crippen molar-refractivity contribution >= 4 is 5.69 Å². The molecule has 2 aliphatic rings. The summed E-state index contributed by atoms with van der Waals surface area (Å²) in [6, 6.07) is 9.54. The van der Waals surface area contributed by atoms with Crippen LogP contribution in [0.1, 0.15) is 24.8 Å². The van der Waals surface area contributed by atoms with Gasteiger partial charge in [0.05, 0.1) is 19.3 Å². The van der Waals surface area contributed by atoms with Gasteiger partial charge in [0.2, 0.25) is 0 Å². The van der Waals surface area contributed by atoms with Crippen LogP contribution in [0.3, 0.4) is 0 Å². The predicted molar refractivity (Wildman–Crippen MR) is 84.7 cm³/mol. The average Bonchev–Trinajstić information content (AvgIpc) is 3.02. The van der Waals surface area contributed by atoms with Crippen LogP contribution < -0.4 is 10.2 Å². The molecule has 1 aliphatic heterocycles. The Labute approximate surface area is 127 Å². The topological polar surface area (TPSA) is 33.7 Å². The minimum absolute atomic E-state index is 0.450. The molecule has 1 N–H and O–H groups in total. The second-order valence-electron chi connectivity index (χ2n) is 6.01. The van der Waals surface area contributed by atoms with Crippen LogP contribution in [0, 0.1) is 0 Å². The van der Waals surface area contributed by atoms with Crippen LogP contribution in [0.4, 0.5) is 5.69 Å². The molecule has 1 aliphatic carbocycles. The van der Waals surface area contributed by atoms with E-state index in [4.69, 9.17) is 9.47 Å². The highest BCUT2D eigenvalue weighted by atomic mass is 16.5. The lowest BCUT2D eigenvalue weighted by atomic mass is 10.1. The van der Waals surface area contributed by atoms with E-state index in [-0.39, 0.29) is 0 Å². The second kappa shape index (κ2) is 7.25. The molecule has 0 spiro atoms. The van der Waals surface area contributed by atoms with Crippen LogP contribution >= 0.6 is 0 Å². The molecule has 21 heavy (non-hydrogen) atoms. The molecule has 0 aromatic heterocycles. The Balaban J connectivity index is 1.48. The number of methoxy groups -OCH3 is 1. The fourth-order valence-corrected chi connectivity index (χ4v) is 3.25. The average molecular weight is 290 g/mol. The van der Waals surface area contributed by atoms with E-state index in [0.29, 0.717) is 12.1 Å². The summed E-state index contributed by atoms with van der Waals surface area (Å²) in [5.74, 6) is 0. The molecule has 3 rings (SSSR count). The maximum Gasteiger partial charge on any atom is 0.0642 e. The number of nitrogens with one attached hydrogen (secondary N) is 1. The van der Waals surface area contributed by atoms with Gasteiger partial charge in [-0.2, -0.15) is 0 Å². The van der Waals surface area contributed by atoms with Crippen molar-refractivity contribution in [2.45, 2.75) is 38.0 Å². The number of anilines is 1. The highest BCUT2D eigenvalue weighted by Gasteiger charge is 2.23. The molecule has 1 aromatic carbocycles. The van der Waals surface area contributed by atoms with Crippen molar-refractivity contribution in [3.8, 4) is 0 Å². The maximum absolute atomic E-state index is 5.42. The Hall–Kier alpha value is -1.10. The number of hydrogen-bond donors (Lipinski definition) is 1. The summed E-state index contributed by atoms with van der Waals surface area (Å²) in [7, 11) is 1.82. The molecule has 0 bridgehead atoms. The first-order chi connectivity index (χ1) is 10.3. The van der Waals surface area contributed by atoms with E-state index >= 15 is 0 Å². The van der Waals surface area contributed by atoms with Gasteiger partial charge < -0.3 is 19.7 Å². The standard InChI is InChI=1S/C17H26N2O2/c1-20-17-7-4-15(12-17)18-13-14-2-5-16(6-3-14)19-8-10-21-11-9-19/h2-3,5-6,15,17-18H,4,7-13H2,1H3. The summed E-state index contributed by atoms with van der Waals surface area (Å²) in [5.41, 5.74) is 2.66. The molecule has 2 atom stereocenters. The van der Waals surface area contributed by atoms with Gasteiger partial charge in [-0.25, -0.2) is 0 Å². The van der Waals surface area contributed by atoms with Crippen LogP contribution in [0.25, 0.3) is 0 Å². The largest absolute Gasteiger partial charge is 0.381 e. The molecule has 0 radical (unpaired) electrons. The van der Waals surface area contributed by atoms with Crippen LogP contribution in [-0.4, -0.2) is 45.6 Å². The van der Waals surface area contributed by atoms with Gasteiger partial charge in [0.1, 0.15) is 0 Å². The molecule has 116 valence electrons. The molecule has 4 nitrogen and oxygen atoms in total. The molecule has 0 amide bonds. The first kappa shape index (κ1) is 14.8. The SMILES string of the molecule is COC1CCC(NCc2ccc(N3CCOCC3)cc2)C1. The Morgan fingerprint density at radius 2 is 1.95 bits per heavy atom. The number of rotatable bonds is 5. The second-order valence-corrected chi connectivity index (χ2v) is 6.01. The minimum Gasteiger partial charge on any atom is -0.381 e. The summed E-state index contributed by atoms with van der Waals surface area (Å²) in [6.07, 6.45) is 4.00. The summed E-state index contributed by atoms with van der Waals surface area (Å²) >= 11 is 0. The van der Waals surface area contributed by atoms with Gasteiger partial charge in [-0.05, 0) is 37.0 Å². The van der Waals surface area contributed by atoms with E-state index in [1.165, 1.54) is 24.1 Å². The van der Waals surface area contributed by atoms with Gasteiger partial charge in [-0.15, -0.1) is 0 Å². The first-order valence-electron chi connectivity index (χ1n) is 8.03. The minimum atomic E-state index is 0.450. The first-order valence-corrected chi connectivity index (χ1v) is 8.03. The number of nitrogens with zero attached hydrogens (tertiary/aromatic N) is 1. The van der Waals surface area contributed by atoms with Gasteiger partial charge >= 0.3 is 0 Å². The van der Waals surface area contributed by atoms with Crippen LogP contribution in [-0.2, 0) is 16.0 Å². The van der Waals surface area contributed by atoms with Crippen molar-refractivity contribution in [2.75, 3.05) is 38.3 Å². The normalized spacial score (nSPS) is 26.2. The lowest BCUT2D eigenvalue weighted by Gasteiger charge is -2.29. The zero-order chi connectivity index (χ0) is 14.5. The number of morpholine rings is 1. The van der Waals surface area contributed by atoms with Crippen LogP contribution in [0.2, 0.25) is 0 Å². The fraction of sp³-hybridized carbons (Fsp3) is 0.647. The van der Waals surface area contributed by atoms with Crippen LogP contribution in [0.15, 0.2) is 24.3 Å².